The van der Waals surface area contributed by atoms with Crippen molar-refractivity contribution < 1.29 is 18.7 Å². The lowest BCUT2D eigenvalue weighted by atomic mass is 10.1. The Morgan fingerprint density at radius 2 is 1.94 bits per heavy atom. The van der Waals surface area contributed by atoms with Crippen LogP contribution < -0.4 is 0 Å². The van der Waals surface area contributed by atoms with E-state index in [1.807, 2.05) is 0 Å². The number of carbonyl (C=O) groups is 1. The minimum absolute atomic E-state index is 0.0337. The first kappa shape index (κ1) is 10.5. The number of aromatic nitrogens is 1. The van der Waals surface area contributed by atoms with Crippen LogP contribution in [0.25, 0.3) is 10.9 Å². The maximum Gasteiger partial charge on any atom is 0.335 e. The second-order valence-electron chi connectivity index (χ2n) is 3.25. The molecule has 1 aromatic heterocycles. The fourth-order valence-electron chi connectivity index (χ4n) is 1.39. The number of fused-ring (bicyclic) bond motifs is 1. The van der Waals surface area contributed by atoms with Crippen molar-refractivity contribution in [1.29, 1.82) is 0 Å². The first-order valence-corrected chi connectivity index (χ1v) is 4.50. The molecule has 0 atom stereocenters. The van der Waals surface area contributed by atoms with Gasteiger partial charge in [0, 0.05) is 5.39 Å². The summed E-state index contributed by atoms with van der Waals surface area (Å²) in [4.78, 5) is 14.4. The maximum atomic E-state index is 12.4. The highest BCUT2D eigenvalue weighted by Crippen LogP contribution is 2.21. The van der Waals surface area contributed by atoms with Gasteiger partial charge in [0.1, 0.15) is 5.69 Å². The van der Waals surface area contributed by atoms with E-state index in [1.54, 1.807) is 6.07 Å². The van der Waals surface area contributed by atoms with Gasteiger partial charge in [-0.2, -0.15) is 0 Å². The Balaban J connectivity index is 2.61. The van der Waals surface area contributed by atoms with Crippen LogP contribution in [0.2, 0.25) is 0 Å². The summed E-state index contributed by atoms with van der Waals surface area (Å²) in [6.45, 7) is 0. The first-order valence-electron chi connectivity index (χ1n) is 4.50. The third kappa shape index (κ3) is 1.84. The summed E-state index contributed by atoms with van der Waals surface area (Å²) in [5, 5.41) is 9.38. The molecule has 1 aromatic carbocycles. The van der Waals surface area contributed by atoms with Gasteiger partial charge >= 0.3 is 5.97 Å². The van der Waals surface area contributed by atoms with Gasteiger partial charge in [-0.25, -0.2) is 18.6 Å². The molecule has 0 saturated heterocycles. The van der Waals surface area contributed by atoms with E-state index in [4.69, 9.17) is 5.11 Å². The summed E-state index contributed by atoms with van der Waals surface area (Å²) < 4.78 is 24.8. The molecule has 0 aliphatic carbocycles. The Labute approximate surface area is 89.3 Å². The third-order valence-corrected chi connectivity index (χ3v) is 2.18. The van der Waals surface area contributed by atoms with Gasteiger partial charge in [-0.15, -0.1) is 0 Å². The summed E-state index contributed by atoms with van der Waals surface area (Å²) in [5.74, 6) is -1.11. The Kier molecular flexibility index (Phi) is 2.52. The normalized spacial score (nSPS) is 10.9. The van der Waals surface area contributed by atoms with Crippen LogP contribution in [0, 0.1) is 0 Å². The Morgan fingerprint density at radius 3 is 2.56 bits per heavy atom. The predicted octanol–water partition coefficient (Wildman–Crippen LogP) is 2.87. The number of pyridine rings is 1. The van der Waals surface area contributed by atoms with E-state index in [1.165, 1.54) is 24.3 Å². The quantitative estimate of drug-likeness (QED) is 0.851. The number of hydrogen-bond acceptors (Lipinski definition) is 2. The highest BCUT2D eigenvalue weighted by atomic mass is 19.3. The summed E-state index contributed by atoms with van der Waals surface area (Å²) in [7, 11) is 0. The molecule has 0 bridgehead atoms. The van der Waals surface area contributed by atoms with Crippen molar-refractivity contribution in [3.8, 4) is 0 Å². The average molecular weight is 223 g/mol. The first-order chi connectivity index (χ1) is 7.58. The van der Waals surface area contributed by atoms with E-state index in [9.17, 15) is 13.6 Å². The minimum Gasteiger partial charge on any atom is -0.478 e. The van der Waals surface area contributed by atoms with Crippen molar-refractivity contribution in [2.75, 3.05) is 0 Å². The van der Waals surface area contributed by atoms with E-state index in [-0.39, 0.29) is 16.8 Å². The average Bonchev–Trinajstić information content (AvgIpc) is 2.27. The van der Waals surface area contributed by atoms with E-state index in [0.29, 0.717) is 5.39 Å². The van der Waals surface area contributed by atoms with Crippen molar-refractivity contribution in [2.45, 2.75) is 6.43 Å². The van der Waals surface area contributed by atoms with Crippen molar-refractivity contribution in [1.82, 2.24) is 4.98 Å². The number of aromatic carboxylic acids is 1. The highest BCUT2D eigenvalue weighted by Gasteiger charge is 2.10. The summed E-state index contributed by atoms with van der Waals surface area (Å²) in [6.07, 6.45) is -2.65. The van der Waals surface area contributed by atoms with Gasteiger partial charge in [-0.3, -0.25) is 0 Å². The number of rotatable bonds is 2. The molecule has 0 amide bonds. The molecule has 82 valence electrons. The van der Waals surface area contributed by atoms with Crippen LogP contribution in [0.15, 0.2) is 30.3 Å². The van der Waals surface area contributed by atoms with Gasteiger partial charge in [0.2, 0.25) is 0 Å². The number of alkyl halides is 2. The Hall–Kier alpha value is -2.04. The molecule has 2 rings (SSSR count). The van der Waals surface area contributed by atoms with Crippen molar-refractivity contribution in [2.24, 2.45) is 0 Å². The zero-order valence-corrected chi connectivity index (χ0v) is 8.02. The second-order valence-corrected chi connectivity index (χ2v) is 3.25. The topological polar surface area (TPSA) is 50.2 Å². The number of hydrogen-bond donors (Lipinski definition) is 1. The van der Waals surface area contributed by atoms with Crippen LogP contribution in [0.5, 0.6) is 0 Å². The smallest absolute Gasteiger partial charge is 0.335 e. The van der Waals surface area contributed by atoms with Gasteiger partial charge in [0.05, 0.1) is 11.1 Å². The van der Waals surface area contributed by atoms with E-state index < -0.39 is 12.4 Å². The zero-order chi connectivity index (χ0) is 11.7. The standard InChI is InChI=1S/C11H7F2NO2/c12-10(13)8-4-3-6-1-2-7(11(15)16)5-9(6)14-8/h1-5,10H,(H,15,16). The number of carboxylic acids is 1. The van der Waals surface area contributed by atoms with Gasteiger partial charge < -0.3 is 5.11 Å². The van der Waals surface area contributed by atoms with Gasteiger partial charge in [-0.05, 0) is 18.2 Å². The lowest BCUT2D eigenvalue weighted by molar-refractivity contribution is 0.0697. The molecule has 1 heterocycles. The SMILES string of the molecule is O=C(O)c1ccc2ccc(C(F)F)nc2c1. The summed E-state index contributed by atoms with van der Waals surface area (Å²) >= 11 is 0. The Bertz CT molecular complexity index is 555. The molecule has 5 heteroatoms. The molecule has 2 aromatic rings. The monoisotopic (exact) mass is 223 g/mol. The van der Waals surface area contributed by atoms with Crippen LogP contribution in [-0.4, -0.2) is 16.1 Å². The van der Waals surface area contributed by atoms with Crippen LogP contribution in [0.3, 0.4) is 0 Å². The number of halogens is 2. The van der Waals surface area contributed by atoms with Crippen LogP contribution in [0.4, 0.5) is 8.78 Å². The molecule has 0 aliphatic heterocycles. The molecular weight excluding hydrogens is 216 g/mol. The van der Waals surface area contributed by atoms with E-state index >= 15 is 0 Å². The molecule has 0 aliphatic rings. The molecular formula is C11H7F2NO2. The third-order valence-electron chi connectivity index (χ3n) is 2.18. The van der Waals surface area contributed by atoms with Gasteiger partial charge in [0.15, 0.2) is 0 Å². The summed E-state index contributed by atoms with van der Waals surface area (Å²) in [6, 6.07) is 6.96. The van der Waals surface area contributed by atoms with E-state index in [0.717, 1.165) is 0 Å². The lowest BCUT2D eigenvalue weighted by Crippen LogP contribution is -1.97. The van der Waals surface area contributed by atoms with Crippen molar-refractivity contribution in [3.63, 3.8) is 0 Å². The maximum absolute atomic E-state index is 12.4. The van der Waals surface area contributed by atoms with Crippen LogP contribution in [0.1, 0.15) is 22.5 Å². The fourth-order valence-corrected chi connectivity index (χ4v) is 1.39. The number of nitrogens with zero attached hydrogens (tertiary/aromatic N) is 1. The van der Waals surface area contributed by atoms with Crippen molar-refractivity contribution >= 4 is 16.9 Å². The highest BCUT2D eigenvalue weighted by molar-refractivity contribution is 5.93. The molecule has 0 spiro atoms. The summed E-state index contributed by atoms with van der Waals surface area (Å²) in [5.41, 5.74) is -0.0563. The Morgan fingerprint density at radius 1 is 1.25 bits per heavy atom. The molecule has 0 saturated carbocycles. The molecule has 1 N–H and O–H groups in total. The van der Waals surface area contributed by atoms with Crippen LogP contribution >= 0.6 is 0 Å². The molecule has 0 fully saturated rings. The molecule has 16 heavy (non-hydrogen) atoms. The zero-order valence-electron chi connectivity index (χ0n) is 8.02. The second kappa shape index (κ2) is 3.84. The van der Waals surface area contributed by atoms with Crippen molar-refractivity contribution in [3.05, 3.63) is 41.6 Å². The minimum atomic E-state index is -2.65. The fraction of sp³-hybridized carbons (Fsp3) is 0.0909. The van der Waals surface area contributed by atoms with Gasteiger partial charge in [-0.1, -0.05) is 12.1 Å². The lowest BCUT2D eigenvalue weighted by Gasteiger charge is -2.02. The van der Waals surface area contributed by atoms with Gasteiger partial charge in [0.25, 0.3) is 6.43 Å². The molecule has 0 unspecified atom stereocenters. The van der Waals surface area contributed by atoms with E-state index in [2.05, 4.69) is 4.98 Å². The predicted molar refractivity (Wildman–Crippen MR) is 53.7 cm³/mol. The molecule has 0 radical (unpaired) electrons. The largest absolute Gasteiger partial charge is 0.478 e. The van der Waals surface area contributed by atoms with Crippen LogP contribution in [-0.2, 0) is 0 Å². The molecule has 3 nitrogen and oxygen atoms in total. The number of benzene rings is 1. The number of carboxylic acid groups (broad SMARTS) is 1.